The number of rotatable bonds is 3. The Balaban J connectivity index is 1.84. The summed E-state index contributed by atoms with van der Waals surface area (Å²) in [5, 5.41) is 12.0. The van der Waals surface area contributed by atoms with E-state index >= 15 is 0 Å². The van der Waals surface area contributed by atoms with Crippen LogP contribution in [0.4, 0.5) is 0 Å². The first-order chi connectivity index (χ1) is 12.8. The lowest BCUT2D eigenvalue weighted by molar-refractivity contribution is -0.130. The van der Waals surface area contributed by atoms with Crippen molar-refractivity contribution >= 4 is 34.6 Å². The zero-order valence-electron chi connectivity index (χ0n) is 15.2. The third kappa shape index (κ3) is 3.08. The van der Waals surface area contributed by atoms with Crippen LogP contribution < -0.4 is 0 Å². The predicted octanol–water partition coefficient (Wildman–Crippen LogP) is 6.01. The monoisotopic (exact) mass is 402 g/mol. The van der Waals surface area contributed by atoms with Gasteiger partial charge in [-0.2, -0.15) is 0 Å². The van der Waals surface area contributed by atoms with Crippen LogP contribution in [0.1, 0.15) is 37.8 Å². The second-order valence-electron chi connectivity index (χ2n) is 7.35. The Bertz CT molecular complexity index is 959. The number of aryl methyl sites for hydroxylation is 1. The summed E-state index contributed by atoms with van der Waals surface area (Å²) in [6, 6.07) is 11.3. The SMILES string of the molecule is CCc1cc(-c2cc(Cl)cc(Cl)c2)ccc1C1=C(O)[C@@]2(C)CC[C@@H](O2)C1=O. The van der Waals surface area contributed by atoms with Crippen molar-refractivity contribution in [1.82, 2.24) is 0 Å². The van der Waals surface area contributed by atoms with Crippen LogP contribution in [0.3, 0.4) is 0 Å². The van der Waals surface area contributed by atoms with E-state index in [-0.39, 0.29) is 11.5 Å². The molecule has 27 heavy (non-hydrogen) atoms. The minimum atomic E-state index is -0.766. The molecule has 2 bridgehead atoms. The van der Waals surface area contributed by atoms with Crippen LogP contribution in [0.15, 0.2) is 42.2 Å². The third-order valence-electron chi connectivity index (χ3n) is 5.51. The fraction of sp³-hybridized carbons (Fsp3) is 0.318. The number of aliphatic hydroxyl groups excluding tert-OH is 1. The van der Waals surface area contributed by atoms with Crippen LogP contribution >= 0.6 is 23.2 Å². The van der Waals surface area contributed by atoms with Gasteiger partial charge in [0.25, 0.3) is 0 Å². The highest BCUT2D eigenvalue weighted by Crippen LogP contribution is 2.45. The second kappa shape index (κ2) is 6.66. The third-order valence-corrected chi connectivity index (χ3v) is 5.95. The average Bonchev–Trinajstić information content (AvgIpc) is 3.01. The van der Waals surface area contributed by atoms with Crippen LogP contribution in [-0.2, 0) is 16.0 Å². The topological polar surface area (TPSA) is 46.5 Å². The van der Waals surface area contributed by atoms with Crippen molar-refractivity contribution in [2.75, 3.05) is 0 Å². The molecule has 0 aromatic heterocycles. The molecule has 1 saturated heterocycles. The lowest BCUT2D eigenvalue weighted by Gasteiger charge is -2.31. The first-order valence-corrected chi connectivity index (χ1v) is 9.83. The average molecular weight is 403 g/mol. The van der Waals surface area contributed by atoms with Gasteiger partial charge in [0, 0.05) is 10.0 Å². The molecule has 0 unspecified atom stereocenters. The van der Waals surface area contributed by atoms with E-state index in [1.807, 2.05) is 44.2 Å². The van der Waals surface area contributed by atoms with Crippen molar-refractivity contribution in [2.24, 2.45) is 0 Å². The Labute approximate surface area is 168 Å². The van der Waals surface area contributed by atoms with Crippen LogP contribution in [0, 0.1) is 0 Å². The smallest absolute Gasteiger partial charge is 0.195 e. The highest BCUT2D eigenvalue weighted by atomic mass is 35.5. The Kier molecular flexibility index (Phi) is 4.58. The number of ketones is 1. The van der Waals surface area contributed by atoms with Gasteiger partial charge in [-0.05, 0) is 66.6 Å². The summed E-state index contributed by atoms with van der Waals surface area (Å²) >= 11 is 12.3. The number of Topliss-reactive ketones (excluding diaryl/α,β-unsaturated/α-hetero) is 1. The molecule has 0 radical (unpaired) electrons. The van der Waals surface area contributed by atoms with E-state index in [0.717, 1.165) is 28.7 Å². The Morgan fingerprint density at radius 3 is 2.52 bits per heavy atom. The summed E-state index contributed by atoms with van der Waals surface area (Å²) in [7, 11) is 0. The molecule has 0 spiro atoms. The summed E-state index contributed by atoms with van der Waals surface area (Å²) in [5.41, 5.74) is 3.28. The lowest BCUT2D eigenvalue weighted by Crippen LogP contribution is -2.37. The summed E-state index contributed by atoms with van der Waals surface area (Å²) in [5.74, 6) is -0.0785. The van der Waals surface area contributed by atoms with E-state index in [1.54, 1.807) is 6.07 Å². The number of hydrogen-bond donors (Lipinski definition) is 1. The number of halogens is 2. The van der Waals surface area contributed by atoms with Gasteiger partial charge in [-0.1, -0.05) is 48.3 Å². The first kappa shape index (κ1) is 18.5. The molecule has 2 aliphatic rings. The van der Waals surface area contributed by atoms with Crippen molar-refractivity contribution in [3.05, 3.63) is 63.3 Å². The van der Waals surface area contributed by atoms with Gasteiger partial charge in [0.05, 0.1) is 5.57 Å². The minimum Gasteiger partial charge on any atom is -0.508 e. The minimum absolute atomic E-state index is 0.0505. The van der Waals surface area contributed by atoms with Crippen molar-refractivity contribution in [1.29, 1.82) is 0 Å². The standard InChI is InChI=1S/C22H20Cl2O3/c1-3-12-8-13(14-9-15(23)11-16(24)10-14)4-5-17(12)19-20(25)18-6-7-22(2,27-18)21(19)26/h4-5,8-11,18,26H,3,6-7H2,1-2H3/t18-,22-/m1/s1. The Hall–Kier alpha value is -1.81. The maximum Gasteiger partial charge on any atom is 0.195 e. The van der Waals surface area contributed by atoms with E-state index in [0.29, 0.717) is 28.5 Å². The van der Waals surface area contributed by atoms with Gasteiger partial charge in [0.1, 0.15) is 17.5 Å². The number of ether oxygens (including phenoxy) is 1. The Morgan fingerprint density at radius 2 is 1.85 bits per heavy atom. The number of aliphatic hydroxyl groups is 1. The number of benzene rings is 2. The van der Waals surface area contributed by atoms with Gasteiger partial charge in [-0.25, -0.2) is 0 Å². The van der Waals surface area contributed by atoms with Crippen molar-refractivity contribution in [2.45, 2.75) is 44.8 Å². The zero-order chi connectivity index (χ0) is 19.3. The van der Waals surface area contributed by atoms with Crippen molar-refractivity contribution in [3.63, 3.8) is 0 Å². The van der Waals surface area contributed by atoms with Gasteiger partial charge >= 0.3 is 0 Å². The van der Waals surface area contributed by atoms with Gasteiger partial charge < -0.3 is 9.84 Å². The van der Waals surface area contributed by atoms with E-state index in [4.69, 9.17) is 27.9 Å². The molecule has 2 atom stereocenters. The van der Waals surface area contributed by atoms with Crippen LogP contribution in [0.2, 0.25) is 10.0 Å². The normalized spacial score (nSPS) is 24.6. The molecule has 140 valence electrons. The number of carbonyl (C=O) groups is 1. The molecule has 5 heteroatoms. The maximum atomic E-state index is 12.9. The summed E-state index contributed by atoms with van der Waals surface area (Å²) < 4.78 is 5.77. The van der Waals surface area contributed by atoms with Gasteiger partial charge in [0.15, 0.2) is 5.78 Å². The Morgan fingerprint density at radius 1 is 1.15 bits per heavy atom. The van der Waals surface area contributed by atoms with Gasteiger partial charge in [0.2, 0.25) is 0 Å². The largest absolute Gasteiger partial charge is 0.508 e. The fourth-order valence-electron chi connectivity index (χ4n) is 4.03. The van der Waals surface area contributed by atoms with Crippen molar-refractivity contribution < 1.29 is 14.6 Å². The number of carbonyl (C=O) groups excluding carboxylic acids is 1. The van der Waals surface area contributed by atoms with Gasteiger partial charge in [-0.3, -0.25) is 4.79 Å². The zero-order valence-corrected chi connectivity index (χ0v) is 16.7. The number of hydrogen-bond acceptors (Lipinski definition) is 3. The van der Waals surface area contributed by atoms with E-state index < -0.39 is 11.7 Å². The van der Waals surface area contributed by atoms with E-state index in [1.165, 1.54) is 0 Å². The van der Waals surface area contributed by atoms with Gasteiger partial charge in [-0.15, -0.1) is 0 Å². The number of fused-ring (bicyclic) bond motifs is 2. The molecule has 2 heterocycles. The first-order valence-electron chi connectivity index (χ1n) is 9.08. The summed E-state index contributed by atoms with van der Waals surface area (Å²) in [6.45, 7) is 3.88. The molecular weight excluding hydrogens is 383 g/mol. The van der Waals surface area contributed by atoms with Crippen LogP contribution in [0.25, 0.3) is 16.7 Å². The molecule has 0 aliphatic carbocycles. The molecule has 3 nitrogen and oxygen atoms in total. The van der Waals surface area contributed by atoms with E-state index in [9.17, 15) is 9.90 Å². The molecular formula is C22H20Cl2O3. The van der Waals surface area contributed by atoms with E-state index in [2.05, 4.69) is 0 Å². The summed E-state index contributed by atoms with van der Waals surface area (Å²) in [6.07, 6.45) is 1.56. The fourth-order valence-corrected chi connectivity index (χ4v) is 4.56. The molecule has 2 aromatic carbocycles. The quantitative estimate of drug-likeness (QED) is 0.683. The molecule has 2 aliphatic heterocycles. The summed E-state index contributed by atoms with van der Waals surface area (Å²) in [4.78, 5) is 12.9. The highest BCUT2D eigenvalue weighted by molar-refractivity contribution is 6.35. The maximum absolute atomic E-state index is 12.9. The molecule has 0 saturated carbocycles. The predicted molar refractivity (Wildman–Crippen MR) is 108 cm³/mol. The van der Waals surface area contributed by atoms with Crippen LogP contribution in [0.5, 0.6) is 0 Å². The molecule has 0 amide bonds. The van der Waals surface area contributed by atoms with Crippen molar-refractivity contribution in [3.8, 4) is 11.1 Å². The highest BCUT2D eigenvalue weighted by Gasteiger charge is 2.50. The molecule has 1 N–H and O–H groups in total. The lowest BCUT2D eigenvalue weighted by atomic mass is 9.87. The van der Waals surface area contributed by atoms with Crippen LogP contribution in [-0.4, -0.2) is 22.6 Å². The second-order valence-corrected chi connectivity index (χ2v) is 8.22. The molecule has 4 rings (SSSR count). The molecule has 2 aromatic rings. The molecule has 1 fully saturated rings.